The highest BCUT2D eigenvalue weighted by atomic mass is 16.5. The summed E-state index contributed by atoms with van der Waals surface area (Å²) in [5.74, 6) is -0.274. The molecule has 2 aliphatic rings. The maximum absolute atomic E-state index is 12.1. The van der Waals surface area contributed by atoms with Gasteiger partial charge in [-0.05, 0) is 39.0 Å². The molecule has 6 nitrogen and oxygen atoms in total. The summed E-state index contributed by atoms with van der Waals surface area (Å²) in [5.41, 5.74) is -1.18. The van der Waals surface area contributed by atoms with Crippen LogP contribution in [0.3, 0.4) is 0 Å². The van der Waals surface area contributed by atoms with Gasteiger partial charge in [0, 0.05) is 19.8 Å². The highest BCUT2D eigenvalue weighted by Gasteiger charge is 2.46. The summed E-state index contributed by atoms with van der Waals surface area (Å²) in [6.07, 6.45) is 3.07. The van der Waals surface area contributed by atoms with E-state index in [1.54, 1.807) is 0 Å². The van der Waals surface area contributed by atoms with Crippen LogP contribution < -0.4 is 5.32 Å². The summed E-state index contributed by atoms with van der Waals surface area (Å²) in [6.45, 7) is 4.62. The van der Waals surface area contributed by atoms with E-state index in [1.807, 2.05) is 0 Å². The lowest BCUT2D eigenvalue weighted by atomic mass is 9.89. The largest absolute Gasteiger partial charge is 0.381 e. The predicted molar refractivity (Wildman–Crippen MR) is 67.2 cm³/mol. The zero-order valence-corrected chi connectivity index (χ0v) is 11.4. The number of urea groups is 1. The van der Waals surface area contributed by atoms with E-state index in [1.165, 1.54) is 26.7 Å². The van der Waals surface area contributed by atoms with Crippen molar-refractivity contribution in [3.63, 3.8) is 0 Å². The van der Waals surface area contributed by atoms with Crippen LogP contribution in [0.5, 0.6) is 0 Å². The van der Waals surface area contributed by atoms with Gasteiger partial charge in [0.1, 0.15) is 5.41 Å². The Morgan fingerprint density at radius 2 is 2.00 bits per heavy atom. The van der Waals surface area contributed by atoms with Crippen LogP contribution in [0, 0.1) is 11.3 Å². The second kappa shape index (κ2) is 5.28. The summed E-state index contributed by atoms with van der Waals surface area (Å²) in [5, 5.41) is 2.21. The number of nitrogens with one attached hydrogen (secondary N) is 1. The van der Waals surface area contributed by atoms with Gasteiger partial charge in [-0.3, -0.25) is 19.8 Å². The lowest BCUT2D eigenvalue weighted by Gasteiger charge is -2.34. The number of imide groups is 2. The SMILES string of the molecule is CC1(C)C(=O)NC(=O)N(CCCOCC2CC2)C1=O. The summed E-state index contributed by atoms with van der Waals surface area (Å²) >= 11 is 0. The Morgan fingerprint density at radius 3 is 2.63 bits per heavy atom. The van der Waals surface area contributed by atoms with Gasteiger partial charge in [0.25, 0.3) is 0 Å². The molecule has 2 fully saturated rings. The molecule has 6 heteroatoms. The maximum Gasteiger partial charge on any atom is 0.330 e. The zero-order valence-electron chi connectivity index (χ0n) is 11.4. The smallest absolute Gasteiger partial charge is 0.330 e. The Labute approximate surface area is 112 Å². The molecule has 1 aliphatic carbocycles. The van der Waals surface area contributed by atoms with Crippen molar-refractivity contribution in [3.05, 3.63) is 0 Å². The minimum atomic E-state index is -1.18. The van der Waals surface area contributed by atoms with Crippen LogP contribution in [0.15, 0.2) is 0 Å². The molecule has 4 amide bonds. The Morgan fingerprint density at radius 1 is 1.32 bits per heavy atom. The quantitative estimate of drug-likeness (QED) is 0.574. The lowest BCUT2D eigenvalue weighted by Crippen LogP contribution is -2.62. The average molecular weight is 268 g/mol. The molecule has 0 spiro atoms. The zero-order chi connectivity index (χ0) is 14.0. The maximum atomic E-state index is 12.1. The van der Waals surface area contributed by atoms with E-state index in [9.17, 15) is 14.4 Å². The molecule has 0 unspecified atom stereocenters. The number of carbonyl (C=O) groups is 3. The van der Waals surface area contributed by atoms with E-state index in [0.29, 0.717) is 18.9 Å². The molecule has 1 aliphatic heterocycles. The highest BCUT2D eigenvalue weighted by Crippen LogP contribution is 2.28. The molecule has 106 valence electrons. The topological polar surface area (TPSA) is 75.7 Å². The Bertz CT molecular complexity index is 401. The molecule has 1 heterocycles. The van der Waals surface area contributed by atoms with E-state index < -0.39 is 23.3 Å². The van der Waals surface area contributed by atoms with Gasteiger partial charge in [0.15, 0.2) is 0 Å². The third kappa shape index (κ3) is 3.12. The number of ether oxygens (including phenoxy) is 1. The van der Waals surface area contributed by atoms with Gasteiger partial charge in [-0.1, -0.05) is 0 Å². The van der Waals surface area contributed by atoms with Crippen molar-refractivity contribution in [2.45, 2.75) is 33.1 Å². The van der Waals surface area contributed by atoms with Crippen LogP contribution in [-0.4, -0.2) is 42.5 Å². The minimum absolute atomic E-state index is 0.284. The monoisotopic (exact) mass is 268 g/mol. The van der Waals surface area contributed by atoms with Crippen LogP contribution in [0.25, 0.3) is 0 Å². The average Bonchev–Trinajstić information content (AvgIpc) is 3.15. The molecule has 1 N–H and O–H groups in total. The number of rotatable bonds is 6. The van der Waals surface area contributed by atoms with Gasteiger partial charge in [-0.25, -0.2) is 4.79 Å². The van der Waals surface area contributed by atoms with Crippen LogP contribution in [-0.2, 0) is 14.3 Å². The molecule has 19 heavy (non-hydrogen) atoms. The van der Waals surface area contributed by atoms with E-state index in [0.717, 1.165) is 11.5 Å². The number of barbiturate groups is 1. The number of amides is 4. The molecule has 1 saturated heterocycles. The summed E-state index contributed by atoms with van der Waals surface area (Å²) in [4.78, 5) is 36.3. The fourth-order valence-electron chi connectivity index (χ4n) is 1.91. The molecule has 0 atom stereocenters. The van der Waals surface area contributed by atoms with Crippen molar-refractivity contribution in [1.82, 2.24) is 10.2 Å². The molecular weight excluding hydrogens is 248 g/mol. The van der Waals surface area contributed by atoms with Crippen molar-refractivity contribution in [1.29, 1.82) is 0 Å². The molecule has 0 bridgehead atoms. The number of hydrogen-bond donors (Lipinski definition) is 1. The molecular formula is C13H20N2O4. The third-order valence-electron chi connectivity index (χ3n) is 3.53. The van der Waals surface area contributed by atoms with Crippen molar-refractivity contribution in [2.24, 2.45) is 11.3 Å². The highest BCUT2D eigenvalue weighted by molar-refractivity contribution is 6.18. The number of carbonyl (C=O) groups excluding carboxylic acids is 3. The van der Waals surface area contributed by atoms with E-state index in [4.69, 9.17) is 4.74 Å². The fraction of sp³-hybridized carbons (Fsp3) is 0.769. The first-order valence-corrected chi connectivity index (χ1v) is 6.68. The summed E-state index contributed by atoms with van der Waals surface area (Å²) in [6, 6.07) is -0.628. The fourth-order valence-corrected chi connectivity index (χ4v) is 1.91. The van der Waals surface area contributed by atoms with Gasteiger partial charge >= 0.3 is 6.03 Å². The molecule has 0 aromatic carbocycles. The molecule has 0 radical (unpaired) electrons. The number of nitrogens with zero attached hydrogens (tertiary/aromatic N) is 1. The van der Waals surface area contributed by atoms with Gasteiger partial charge < -0.3 is 4.74 Å². The predicted octanol–water partition coefficient (Wildman–Crippen LogP) is 0.908. The Hall–Kier alpha value is -1.43. The first-order chi connectivity index (χ1) is 8.93. The van der Waals surface area contributed by atoms with Gasteiger partial charge in [-0.15, -0.1) is 0 Å². The summed E-state index contributed by atoms with van der Waals surface area (Å²) < 4.78 is 5.46. The molecule has 0 aromatic rings. The van der Waals surface area contributed by atoms with Gasteiger partial charge in [0.2, 0.25) is 11.8 Å². The van der Waals surface area contributed by atoms with Crippen LogP contribution in [0.1, 0.15) is 33.1 Å². The Balaban J connectivity index is 1.78. The van der Waals surface area contributed by atoms with E-state index >= 15 is 0 Å². The molecule has 0 aromatic heterocycles. The third-order valence-corrected chi connectivity index (χ3v) is 3.53. The molecule has 1 saturated carbocycles. The first-order valence-electron chi connectivity index (χ1n) is 6.68. The van der Waals surface area contributed by atoms with Crippen LogP contribution >= 0.6 is 0 Å². The van der Waals surface area contributed by atoms with Crippen LogP contribution in [0.4, 0.5) is 4.79 Å². The first kappa shape index (κ1) is 14.0. The van der Waals surface area contributed by atoms with Gasteiger partial charge in [-0.2, -0.15) is 0 Å². The van der Waals surface area contributed by atoms with Crippen molar-refractivity contribution in [3.8, 4) is 0 Å². The number of hydrogen-bond acceptors (Lipinski definition) is 4. The summed E-state index contributed by atoms with van der Waals surface area (Å²) in [7, 11) is 0. The van der Waals surface area contributed by atoms with Crippen molar-refractivity contribution >= 4 is 17.8 Å². The van der Waals surface area contributed by atoms with Crippen molar-refractivity contribution < 1.29 is 19.1 Å². The van der Waals surface area contributed by atoms with Crippen LogP contribution in [0.2, 0.25) is 0 Å². The normalized spacial score (nSPS) is 22.6. The standard InChI is InChI=1S/C13H20N2O4/c1-13(2)10(16)14-12(18)15(11(13)17)6-3-7-19-8-9-4-5-9/h9H,3-8H2,1-2H3,(H,14,16,18). The second-order valence-corrected chi connectivity index (χ2v) is 5.71. The lowest BCUT2D eigenvalue weighted by molar-refractivity contribution is -0.149. The Kier molecular flexibility index (Phi) is 3.89. The van der Waals surface area contributed by atoms with Gasteiger partial charge in [0.05, 0.1) is 0 Å². The molecule has 2 rings (SSSR count). The van der Waals surface area contributed by atoms with Crippen molar-refractivity contribution in [2.75, 3.05) is 19.8 Å². The minimum Gasteiger partial charge on any atom is -0.381 e. The second-order valence-electron chi connectivity index (χ2n) is 5.71. The van der Waals surface area contributed by atoms with E-state index in [-0.39, 0.29) is 6.54 Å². The van der Waals surface area contributed by atoms with E-state index in [2.05, 4.69) is 5.32 Å².